The van der Waals surface area contributed by atoms with Crippen molar-refractivity contribution in [1.29, 1.82) is 0 Å². The first-order valence-corrected chi connectivity index (χ1v) is 23.5. The molecule has 0 saturated carbocycles. The van der Waals surface area contributed by atoms with E-state index in [-0.39, 0.29) is 17.9 Å². The number of aliphatic hydroxyl groups is 1. The molecule has 0 aromatic rings. The first-order chi connectivity index (χ1) is 25.3. The molecule has 5 heteroatoms. The number of hydrogen-bond acceptors (Lipinski definition) is 3. The summed E-state index contributed by atoms with van der Waals surface area (Å²) in [6.45, 7) is 8.97. The second-order valence-electron chi connectivity index (χ2n) is 16.9. The van der Waals surface area contributed by atoms with E-state index in [1.54, 1.807) is 0 Å². The van der Waals surface area contributed by atoms with Crippen LogP contribution in [0.3, 0.4) is 0 Å². The largest absolute Gasteiger partial charge is 0.481 e. The fourth-order valence-electron chi connectivity index (χ4n) is 8.60. The number of unbranched alkanes of at least 4 members (excludes halogenated alkanes) is 22. The number of aliphatic carboxylic acids is 2. The summed E-state index contributed by atoms with van der Waals surface area (Å²) >= 11 is 0. The average Bonchev–Trinajstić information content (AvgIpc) is 3.12. The summed E-state index contributed by atoms with van der Waals surface area (Å²) in [5, 5.41) is 30.9. The Hall–Kier alpha value is -1.10. The Balaban J connectivity index is 4.45. The van der Waals surface area contributed by atoms with Crippen molar-refractivity contribution in [3.63, 3.8) is 0 Å². The Morgan fingerprint density at radius 3 is 0.769 bits per heavy atom. The van der Waals surface area contributed by atoms with Crippen LogP contribution in [0.1, 0.15) is 259 Å². The van der Waals surface area contributed by atoms with Crippen molar-refractivity contribution in [2.45, 2.75) is 265 Å². The van der Waals surface area contributed by atoms with Crippen LogP contribution in [0.25, 0.3) is 0 Å². The van der Waals surface area contributed by atoms with Crippen molar-refractivity contribution < 1.29 is 24.9 Å². The molecule has 0 aromatic carbocycles. The second kappa shape index (κ2) is 38.2. The third-order valence-corrected chi connectivity index (χ3v) is 12.1. The van der Waals surface area contributed by atoms with Gasteiger partial charge in [-0.15, -0.1) is 0 Å². The molecule has 0 spiro atoms. The fraction of sp³-hybridized carbons (Fsp3) is 0.957. The monoisotopic (exact) mass is 737 g/mol. The molecule has 0 radical (unpaired) electrons. The minimum absolute atomic E-state index is 0.203. The second-order valence-corrected chi connectivity index (χ2v) is 16.9. The normalized spacial score (nSPS) is 13.6. The highest BCUT2D eigenvalue weighted by Crippen LogP contribution is 2.32. The lowest BCUT2D eigenvalue weighted by atomic mass is 9.80. The van der Waals surface area contributed by atoms with Gasteiger partial charge in [0.2, 0.25) is 0 Å². The van der Waals surface area contributed by atoms with Crippen molar-refractivity contribution in [3.8, 4) is 0 Å². The van der Waals surface area contributed by atoms with Crippen molar-refractivity contribution in [3.05, 3.63) is 0 Å². The van der Waals surface area contributed by atoms with Gasteiger partial charge in [-0.1, -0.05) is 207 Å². The molecule has 0 aliphatic carbocycles. The molecule has 0 aromatic heterocycles. The van der Waals surface area contributed by atoms with Crippen LogP contribution in [0.4, 0.5) is 0 Å². The molecule has 52 heavy (non-hydrogen) atoms. The van der Waals surface area contributed by atoms with Crippen LogP contribution in [0, 0.1) is 23.7 Å². The van der Waals surface area contributed by atoms with E-state index in [1.807, 2.05) is 0 Å². The summed E-state index contributed by atoms with van der Waals surface area (Å²) in [5.41, 5.74) is 0. The van der Waals surface area contributed by atoms with Gasteiger partial charge in [-0.2, -0.15) is 0 Å². The van der Waals surface area contributed by atoms with Gasteiger partial charge < -0.3 is 15.3 Å². The first-order valence-electron chi connectivity index (χ1n) is 23.5. The fourth-order valence-corrected chi connectivity index (χ4v) is 8.60. The highest BCUT2D eigenvalue weighted by atomic mass is 16.4. The molecule has 5 nitrogen and oxygen atoms in total. The van der Waals surface area contributed by atoms with Gasteiger partial charge in [-0.25, -0.2) is 0 Å². The molecule has 2 atom stereocenters. The topological polar surface area (TPSA) is 94.8 Å². The molecule has 0 heterocycles. The summed E-state index contributed by atoms with van der Waals surface area (Å²) in [7, 11) is 0. The van der Waals surface area contributed by atoms with Crippen LogP contribution >= 0.6 is 0 Å². The summed E-state index contributed by atoms with van der Waals surface area (Å²) in [4.78, 5) is 24.7. The molecular formula is C47H92O5. The number of carbonyl (C=O) groups is 2. The number of hydrogen-bond donors (Lipinski definition) is 3. The zero-order valence-corrected chi connectivity index (χ0v) is 35.5. The van der Waals surface area contributed by atoms with E-state index in [2.05, 4.69) is 27.7 Å². The summed E-state index contributed by atoms with van der Waals surface area (Å²) < 4.78 is 0. The predicted molar refractivity (Wildman–Crippen MR) is 224 cm³/mol. The quantitative estimate of drug-likeness (QED) is 0.0542. The molecule has 0 amide bonds. The van der Waals surface area contributed by atoms with Crippen LogP contribution in [-0.2, 0) is 9.59 Å². The van der Waals surface area contributed by atoms with Gasteiger partial charge in [-0.05, 0) is 63.2 Å². The molecule has 2 unspecified atom stereocenters. The smallest absolute Gasteiger partial charge is 0.306 e. The van der Waals surface area contributed by atoms with Gasteiger partial charge in [0.1, 0.15) is 0 Å². The van der Waals surface area contributed by atoms with Crippen LogP contribution in [-0.4, -0.2) is 33.4 Å². The third kappa shape index (κ3) is 30.3. The van der Waals surface area contributed by atoms with Crippen LogP contribution in [0.15, 0.2) is 0 Å². The van der Waals surface area contributed by atoms with Gasteiger partial charge >= 0.3 is 11.9 Å². The third-order valence-electron chi connectivity index (χ3n) is 12.1. The van der Waals surface area contributed by atoms with E-state index >= 15 is 0 Å². The number of carboxylic acid groups (broad SMARTS) is 2. The molecule has 0 aliphatic rings. The maximum absolute atomic E-state index is 12.4. The lowest BCUT2D eigenvalue weighted by molar-refractivity contribution is -0.145. The van der Waals surface area contributed by atoms with Crippen molar-refractivity contribution in [2.24, 2.45) is 23.7 Å². The van der Waals surface area contributed by atoms with Gasteiger partial charge in [-0.3, -0.25) is 9.59 Å². The van der Waals surface area contributed by atoms with Crippen LogP contribution < -0.4 is 0 Å². The lowest BCUT2D eigenvalue weighted by Crippen LogP contribution is -2.24. The van der Waals surface area contributed by atoms with Crippen molar-refractivity contribution >= 4 is 11.9 Å². The van der Waals surface area contributed by atoms with Crippen molar-refractivity contribution in [1.82, 2.24) is 0 Å². The zero-order valence-electron chi connectivity index (χ0n) is 35.5. The predicted octanol–water partition coefficient (Wildman–Crippen LogP) is 15.1. The average molecular weight is 737 g/mol. The van der Waals surface area contributed by atoms with Crippen LogP contribution in [0.5, 0.6) is 0 Å². The van der Waals surface area contributed by atoms with Crippen molar-refractivity contribution in [2.75, 3.05) is 0 Å². The molecule has 0 aliphatic heterocycles. The first kappa shape index (κ1) is 50.9. The zero-order chi connectivity index (χ0) is 38.5. The van der Waals surface area contributed by atoms with Gasteiger partial charge in [0.05, 0.1) is 17.9 Å². The van der Waals surface area contributed by atoms with Gasteiger partial charge in [0, 0.05) is 0 Å². The van der Waals surface area contributed by atoms with Gasteiger partial charge in [0.25, 0.3) is 0 Å². The van der Waals surface area contributed by atoms with E-state index in [0.29, 0.717) is 11.8 Å². The summed E-state index contributed by atoms with van der Waals surface area (Å²) in [5.74, 6) is -0.941. The molecule has 0 fully saturated rings. The van der Waals surface area contributed by atoms with E-state index in [1.165, 1.54) is 128 Å². The van der Waals surface area contributed by atoms with E-state index < -0.39 is 11.9 Å². The number of carboxylic acids is 2. The van der Waals surface area contributed by atoms with Gasteiger partial charge in [0.15, 0.2) is 0 Å². The number of rotatable bonds is 42. The molecular weight excluding hydrogens is 645 g/mol. The molecule has 3 N–H and O–H groups in total. The molecule has 0 saturated heterocycles. The highest BCUT2D eigenvalue weighted by molar-refractivity contribution is 5.70. The van der Waals surface area contributed by atoms with Crippen LogP contribution in [0.2, 0.25) is 0 Å². The molecule has 0 rings (SSSR count). The highest BCUT2D eigenvalue weighted by Gasteiger charge is 2.28. The Morgan fingerprint density at radius 2 is 0.538 bits per heavy atom. The SMILES string of the molecule is CCCCCCCC(CCCCCCC)C(CCCCCCC(O)CCCCCCC(C(=O)O)C(CCCCCCC)CCCCCCC)C(=O)O. The standard InChI is InChI=1S/C47H92O5/c1-5-9-13-17-25-33-41(34-26-18-14-10-6-2)44(46(49)50)39-31-23-21-29-37-43(48)38-30-22-24-32-40-45(47(51)52)42(35-27-19-15-11-7-3)36-28-20-16-12-8-4/h41-45,48H,5-40H2,1-4H3,(H,49,50)(H,51,52). The summed E-state index contributed by atoms with van der Waals surface area (Å²) in [6.07, 6.45) is 40.3. The van der Waals surface area contributed by atoms with E-state index in [0.717, 1.165) is 103 Å². The maximum atomic E-state index is 12.4. The molecule has 310 valence electrons. The Kier molecular flexibility index (Phi) is 37.4. The number of aliphatic hydroxyl groups excluding tert-OH is 1. The van der Waals surface area contributed by atoms with E-state index in [4.69, 9.17) is 0 Å². The minimum atomic E-state index is -0.587. The Labute approximate surface area is 324 Å². The lowest BCUT2D eigenvalue weighted by Gasteiger charge is -2.24. The Bertz CT molecular complexity index is 679. The summed E-state index contributed by atoms with van der Waals surface area (Å²) in [6, 6.07) is 0. The molecule has 0 bridgehead atoms. The Morgan fingerprint density at radius 1 is 0.327 bits per heavy atom. The maximum Gasteiger partial charge on any atom is 0.306 e. The van der Waals surface area contributed by atoms with E-state index in [9.17, 15) is 24.9 Å². The minimum Gasteiger partial charge on any atom is -0.481 e.